The number of anilines is 2. The van der Waals surface area contributed by atoms with Crippen molar-refractivity contribution >= 4 is 11.8 Å². The van der Waals surface area contributed by atoms with Crippen LogP contribution in [0.4, 0.5) is 11.8 Å². The Morgan fingerprint density at radius 1 is 0.880 bits per heavy atom. The van der Waals surface area contributed by atoms with Gasteiger partial charge in [-0.05, 0) is 42.3 Å². The van der Waals surface area contributed by atoms with E-state index in [0.717, 1.165) is 28.4 Å². The molecule has 1 aromatic carbocycles. The van der Waals surface area contributed by atoms with Gasteiger partial charge in [0.15, 0.2) is 0 Å². The average molecular weight is 335 g/mol. The molecular formula is C19H21N5O. The number of rotatable bonds is 7. The van der Waals surface area contributed by atoms with E-state index in [1.54, 1.807) is 19.5 Å². The number of aromatic nitrogens is 3. The minimum Gasteiger partial charge on any atom is -0.497 e. The highest BCUT2D eigenvalue weighted by molar-refractivity contribution is 5.43. The van der Waals surface area contributed by atoms with E-state index < -0.39 is 0 Å². The summed E-state index contributed by atoms with van der Waals surface area (Å²) in [7, 11) is 1.66. The van der Waals surface area contributed by atoms with Crippen LogP contribution in [0, 0.1) is 6.92 Å². The molecule has 0 aliphatic rings. The number of methoxy groups -OCH3 is 1. The number of hydrogen-bond donors (Lipinski definition) is 2. The van der Waals surface area contributed by atoms with Crippen LogP contribution in [0.3, 0.4) is 0 Å². The fourth-order valence-corrected chi connectivity index (χ4v) is 2.36. The number of aryl methyl sites for hydroxylation is 1. The summed E-state index contributed by atoms with van der Waals surface area (Å²) < 4.78 is 5.17. The van der Waals surface area contributed by atoms with Crippen LogP contribution in [0.25, 0.3) is 0 Å². The van der Waals surface area contributed by atoms with Crippen LogP contribution >= 0.6 is 0 Å². The van der Waals surface area contributed by atoms with Gasteiger partial charge in [-0.1, -0.05) is 12.1 Å². The van der Waals surface area contributed by atoms with Crippen LogP contribution in [-0.4, -0.2) is 22.1 Å². The van der Waals surface area contributed by atoms with Gasteiger partial charge in [0.1, 0.15) is 11.6 Å². The molecule has 3 rings (SSSR count). The third kappa shape index (κ3) is 4.91. The third-order valence-corrected chi connectivity index (χ3v) is 3.69. The molecule has 0 aliphatic heterocycles. The molecular weight excluding hydrogens is 314 g/mol. The van der Waals surface area contributed by atoms with Crippen LogP contribution in [0.5, 0.6) is 5.75 Å². The maximum Gasteiger partial charge on any atom is 0.225 e. The predicted molar refractivity (Wildman–Crippen MR) is 98.7 cm³/mol. The van der Waals surface area contributed by atoms with Crippen LogP contribution in [0.2, 0.25) is 0 Å². The summed E-state index contributed by atoms with van der Waals surface area (Å²) >= 11 is 0. The molecule has 0 spiro atoms. The van der Waals surface area contributed by atoms with Crippen molar-refractivity contribution in [1.82, 2.24) is 15.0 Å². The van der Waals surface area contributed by atoms with Gasteiger partial charge >= 0.3 is 0 Å². The Balaban J connectivity index is 1.62. The molecule has 6 heteroatoms. The van der Waals surface area contributed by atoms with Crippen LogP contribution in [-0.2, 0) is 13.1 Å². The van der Waals surface area contributed by atoms with Gasteiger partial charge < -0.3 is 15.4 Å². The number of ether oxygens (including phenoxy) is 1. The molecule has 3 aromatic rings. The van der Waals surface area contributed by atoms with Crippen molar-refractivity contribution in [3.63, 3.8) is 0 Å². The van der Waals surface area contributed by atoms with Gasteiger partial charge in [-0.3, -0.25) is 4.98 Å². The first kappa shape index (κ1) is 16.7. The SMILES string of the molecule is COc1ccc(CNc2nc(C)cc(NCc3ccncc3)n2)cc1. The number of benzene rings is 1. The van der Waals surface area contributed by atoms with E-state index in [1.165, 1.54) is 0 Å². The molecule has 0 radical (unpaired) electrons. The lowest BCUT2D eigenvalue weighted by Gasteiger charge is -2.10. The third-order valence-electron chi connectivity index (χ3n) is 3.69. The molecule has 25 heavy (non-hydrogen) atoms. The Morgan fingerprint density at radius 2 is 1.56 bits per heavy atom. The molecule has 0 bridgehead atoms. The number of hydrogen-bond acceptors (Lipinski definition) is 6. The Bertz CT molecular complexity index is 806. The molecule has 2 aromatic heterocycles. The predicted octanol–water partition coefficient (Wildman–Crippen LogP) is 3.41. The van der Waals surface area contributed by atoms with Gasteiger partial charge in [-0.2, -0.15) is 4.98 Å². The largest absolute Gasteiger partial charge is 0.497 e. The van der Waals surface area contributed by atoms with Crippen molar-refractivity contribution in [3.8, 4) is 5.75 Å². The Morgan fingerprint density at radius 3 is 2.28 bits per heavy atom. The highest BCUT2D eigenvalue weighted by Crippen LogP contribution is 2.14. The summed E-state index contributed by atoms with van der Waals surface area (Å²) in [4.78, 5) is 13.0. The normalized spacial score (nSPS) is 10.3. The highest BCUT2D eigenvalue weighted by Gasteiger charge is 2.03. The van der Waals surface area contributed by atoms with Gasteiger partial charge in [0, 0.05) is 37.2 Å². The van der Waals surface area contributed by atoms with Crippen molar-refractivity contribution in [3.05, 3.63) is 71.7 Å². The lowest BCUT2D eigenvalue weighted by molar-refractivity contribution is 0.414. The smallest absolute Gasteiger partial charge is 0.225 e. The zero-order valence-corrected chi connectivity index (χ0v) is 14.4. The van der Waals surface area contributed by atoms with E-state index in [0.29, 0.717) is 19.0 Å². The molecule has 0 amide bonds. The summed E-state index contributed by atoms with van der Waals surface area (Å²) in [6.07, 6.45) is 3.56. The standard InChI is InChI=1S/C19H21N5O/c1-14-11-18(21-12-16-7-9-20-10-8-16)24-19(23-14)22-13-15-3-5-17(25-2)6-4-15/h3-11H,12-13H2,1-2H3,(H2,21,22,23,24). The first-order valence-electron chi connectivity index (χ1n) is 8.08. The van der Waals surface area contributed by atoms with E-state index in [4.69, 9.17) is 4.74 Å². The van der Waals surface area contributed by atoms with E-state index in [2.05, 4.69) is 25.6 Å². The molecule has 0 saturated heterocycles. The maximum atomic E-state index is 5.17. The van der Waals surface area contributed by atoms with Crippen LogP contribution in [0.1, 0.15) is 16.8 Å². The van der Waals surface area contributed by atoms with Crippen molar-refractivity contribution in [2.45, 2.75) is 20.0 Å². The van der Waals surface area contributed by atoms with Gasteiger partial charge in [0.2, 0.25) is 5.95 Å². The minimum absolute atomic E-state index is 0.605. The number of pyridine rings is 1. The van der Waals surface area contributed by atoms with Gasteiger partial charge in [-0.15, -0.1) is 0 Å². The van der Waals surface area contributed by atoms with Gasteiger partial charge in [0.05, 0.1) is 7.11 Å². The molecule has 6 nitrogen and oxygen atoms in total. The molecule has 128 valence electrons. The average Bonchev–Trinajstić information content (AvgIpc) is 2.66. The number of nitrogens with zero attached hydrogens (tertiary/aromatic N) is 3. The summed E-state index contributed by atoms with van der Waals surface area (Å²) in [6.45, 7) is 3.30. The van der Waals surface area contributed by atoms with Crippen molar-refractivity contribution in [2.75, 3.05) is 17.7 Å². The quantitative estimate of drug-likeness (QED) is 0.689. The highest BCUT2D eigenvalue weighted by atomic mass is 16.5. The summed E-state index contributed by atoms with van der Waals surface area (Å²) in [5.74, 6) is 2.24. The topological polar surface area (TPSA) is 72.0 Å². The molecule has 2 N–H and O–H groups in total. The molecule has 0 fully saturated rings. The Hall–Kier alpha value is -3.15. The van der Waals surface area contributed by atoms with E-state index in [1.807, 2.05) is 49.4 Å². The second-order valence-electron chi connectivity index (χ2n) is 5.63. The van der Waals surface area contributed by atoms with Crippen molar-refractivity contribution < 1.29 is 4.74 Å². The summed E-state index contributed by atoms with van der Waals surface area (Å²) in [5.41, 5.74) is 3.20. The molecule has 0 atom stereocenters. The van der Waals surface area contributed by atoms with E-state index >= 15 is 0 Å². The minimum atomic E-state index is 0.605. The van der Waals surface area contributed by atoms with Crippen LogP contribution < -0.4 is 15.4 Å². The second-order valence-corrected chi connectivity index (χ2v) is 5.63. The molecule has 0 saturated carbocycles. The molecule has 0 aliphatic carbocycles. The van der Waals surface area contributed by atoms with Crippen molar-refractivity contribution in [2.24, 2.45) is 0 Å². The monoisotopic (exact) mass is 335 g/mol. The fourth-order valence-electron chi connectivity index (χ4n) is 2.36. The van der Waals surface area contributed by atoms with Gasteiger partial charge in [0.25, 0.3) is 0 Å². The molecule has 0 unspecified atom stereocenters. The summed E-state index contributed by atoms with van der Waals surface area (Å²) in [6, 6.07) is 13.8. The Kier molecular flexibility index (Phi) is 5.41. The summed E-state index contributed by atoms with van der Waals surface area (Å²) in [5, 5.41) is 6.58. The lowest BCUT2D eigenvalue weighted by atomic mass is 10.2. The first-order chi connectivity index (χ1) is 12.2. The fraction of sp³-hybridized carbons (Fsp3) is 0.211. The van der Waals surface area contributed by atoms with Gasteiger partial charge in [-0.25, -0.2) is 4.98 Å². The zero-order chi connectivity index (χ0) is 17.5. The van der Waals surface area contributed by atoms with E-state index in [-0.39, 0.29) is 0 Å². The van der Waals surface area contributed by atoms with Crippen LogP contribution in [0.15, 0.2) is 54.9 Å². The number of nitrogens with one attached hydrogen (secondary N) is 2. The Labute approximate surface area is 147 Å². The zero-order valence-electron chi connectivity index (χ0n) is 14.4. The first-order valence-corrected chi connectivity index (χ1v) is 8.08. The maximum absolute atomic E-state index is 5.17. The lowest BCUT2D eigenvalue weighted by Crippen LogP contribution is -2.08. The molecule has 2 heterocycles. The second kappa shape index (κ2) is 8.10. The van der Waals surface area contributed by atoms with E-state index in [9.17, 15) is 0 Å². The van der Waals surface area contributed by atoms with Crippen molar-refractivity contribution in [1.29, 1.82) is 0 Å².